The average molecular weight is 446 g/mol. The minimum Gasteiger partial charge on any atom is -0.480 e. The first kappa shape index (κ1) is 22.4. The zero-order valence-electron chi connectivity index (χ0n) is 16.8. The van der Waals surface area contributed by atoms with Crippen molar-refractivity contribution in [3.63, 3.8) is 0 Å². The number of carboxylic acids is 1. The molecule has 1 fully saturated rings. The first-order chi connectivity index (χ1) is 14.4. The van der Waals surface area contributed by atoms with Gasteiger partial charge in [0.05, 0.1) is 6.04 Å². The fourth-order valence-corrected chi connectivity index (χ4v) is 4.75. The number of halogens is 2. The number of amides is 1. The quantitative estimate of drug-likeness (QED) is 0.523. The molecule has 2 aromatic rings. The van der Waals surface area contributed by atoms with E-state index in [-0.39, 0.29) is 17.7 Å². The molecule has 1 unspecified atom stereocenters. The third-order valence-corrected chi connectivity index (χ3v) is 6.26. The summed E-state index contributed by atoms with van der Waals surface area (Å²) in [4.78, 5) is 27.2. The highest BCUT2D eigenvalue weighted by molar-refractivity contribution is 6.30. The summed E-state index contributed by atoms with van der Waals surface area (Å²) in [6.45, 7) is 5.58. The number of benzene rings is 2. The molecular weight excluding hydrogens is 421 g/mol. The van der Waals surface area contributed by atoms with Crippen LogP contribution in [0.5, 0.6) is 0 Å². The lowest BCUT2D eigenvalue weighted by atomic mass is 9.74. The van der Waals surface area contributed by atoms with Crippen LogP contribution in [0.1, 0.15) is 49.3 Å². The molecule has 0 radical (unpaired) electrons. The lowest BCUT2D eigenvalue weighted by Gasteiger charge is -2.47. The predicted octanol–water partition coefficient (Wildman–Crippen LogP) is 6.11. The number of hydrogen-bond acceptors (Lipinski definition) is 2. The van der Waals surface area contributed by atoms with Gasteiger partial charge in [-0.05, 0) is 54.7 Å². The summed E-state index contributed by atoms with van der Waals surface area (Å²) in [5.41, 5.74) is 1.84. The van der Waals surface area contributed by atoms with Gasteiger partial charge in [-0.15, -0.1) is 6.58 Å². The predicted molar refractivity (Wildman–Crippen MR) is 120 cm³/mol. The lowest BCUT2D eigenvalue weighted by Crippen LogP contribution is -2.54. The van der Waals surface area contributed by atoms with Crippen molar-refractivity contribution in [2.24, 2.45) is 5.92 Å². The van der Waals surface area contributed by atoms with Crippen molar-refractivity contribution in [2.75, 3.05) is 0 Å². The molecule has 0 aliphatic carbocycles. The van der Waals surface area contributed by atoms with Gasteiger partial charge in [0.1, 0.15) is 6.04 Å². The Labute approximate surface area is 187 Å². The number of carboxylic acid groups (broad SMARTS) is 1. The van der Waals surface area contributed by atoms with Crippen molar-refractivity contribution in [3.05, 3.63) is 82.4 Å². The van der Waals surface area contributed by atoms with Crippen LogP contribution in [0.4, 0.5) is 0 Å². The van der Waals surface area contributed by atoms with E-state index in [1.165, 1.54) is 0 Å². The Kier molecular flexibility index (Phi) is 7.22. The molecular formula is C24H25Cl2NO3. The van der Waals surface area contributed by atoms with E-state index < -0.39 is 18.1 Å². The molecule has 6 heteroatoms. The van der Waals surface area contributed by atoms with Crippen LogP contribution < -0.4 is 0 Å². The molecule has 4 atom stereocenters. The molecule has 1 aliphatic rings. The largest absolute Gasteiger partial charge is 0.480 e. The molecule has 1 N–H and O–H groups in total. The van der Waals surface area contributed by atoms with Crippen LogP contribution in [0.3, 0.4) is 0 Å². The molecule has 158 valence electrons. The van der Waals surface area contributed by atoms with Gasteiger partial charge in [-0.1, -0.05) is 60.5 Å². The molecule has 1 amide bonds. The van der Waals surface area contributed by atoms with Crippen molar-refractivity contribution in [3.8, 4) is 0 Å². The second-order valence-corrected chi connectivity index (χ2v) is 8.50. The number of likely N-dealkylation sites (tertiary alicyclic amines) is 1. The van der Waals surface area contributed by atoms with Gasteiger partial charge in [0.2, 0.25) is 5.91 Å². The van der Waals surface area contributed by atoms with E-state index in [2.05, 4.69) is 6.58 Å². The zero-order valence-corrected chi connectivity index (χ0v) is 18.3. The summed E-state index contributed by atoms with van der Waals surface area (Å²) in [6.07, 6.45) is 3.12. The summed E-state index contributed by atoms with van der Waals surface area (Å²) >= 11 is 12.4. The summed E-state index contributed by atoms with van der Waals surface area (Å²) in [7, 11) is 0. The van der Waals surface area contributed by atoms with Gasteiger partial charge in [0, 0.05) is 21.9 Å². The smallest absolute Gasteiger partial charge is 0.326 e. The Hall–Kier alpha value is -2.30. The van der Waals surface area contributed by atoms with Crippen molar-refractivity contribution in [2.45, 2.75) is 44.2 Å². The molecule has 0 aromatic heterocycles. The van der Waals surface area contributed by atoms with E-state index >= 15 is 0 Å². The fourth-order valence-electron chi connectivity index (χ4n) is 4.42. The second kappa shape index (κ2) is 9.67. The molecule has 4 nitrogen and oxygen atoms in total. The molecule has 0 spiro atoms. The second-order valence-electron chi connectivity index (χ2n) is 7.62. The van der Waals surface area contributed by atoms with Gasteiger partial charge in [0.25, 0.3) is 0 Å². The van der Waals surface area contributed by atoms with E-state index in [0.717, 1.165) is 11.1 Å². The Bertz CT molecular complexity index is 928. The van der Waals surface area contributed by atoms with Gasteiger partial charge < -0.3 is 10.0 Å². The molecule has 2 aromatic carbocycles. The van der Waals surface area contributed by atoms with E-state index in [1.54, 1.807) is 36.1 Å². The molecule has 1 saturated heterocycles. The number of rotatable bonds is 7. The first-order valence-corrected chi connectivity index (χ1v) is 10.8. The Morgan fingerprint density at radius 3 is 2.47 bits per heavy atom. The van der Waals surface area contributed by atoms with Gasteiger partial charge in [0.15, 0.2) is 0 Å². The van der Waals surface area contributed by atoms with Crippen LogP contribution >= 0.6 is 23.2 Å². The summed E-state index contributed by atoms with van der Waals surface area (Å²) < 4.78 is 0. The number of piperidine rings is 1. The zero-order chi connectivity index (χ0) is 21.8. The van der Waals surface area contributed by atoms with Crippen molar-refractivity contribution in [1.82, 2.24) is 4.90 Å². The van der Waals surface area contributed by atoms with Crippen LogP contribution in [0.2, 0.25) is 10.0 Å². The third-order valence-electron chi connectivity index (χ3n) is 5.77. The molecule has 1 aliphatic heterocycles. The average Bonchev–Trinajstić information content (AvgIpc) is 2.71. The van der Waals surface area contributed by atoms with Crippen LogP contribution in [0.25, 0.3) is 0 Å². The van der Waals surface area contributed by atoms with Gasteiger partial charge >= 0.3 is 5.97 Å². The van der Waals surface area contributed by atoms with Crippen molar-refractivity contribution >= 4 is 35.1 Å². The number of aliphatic carboxylic acids is 1. The number of hydrogen-bond donors (Lipinski definition) is 1. The fraction of sp³-hybridized carbons (Fsp3) is 0.333. The number of carbonyl (C=O) groups is 2. The van der Waals surface area contributed by atoms with Crippen molar-refractivity contribution < 1.29 is 14.7 Å². The highest BCUT2D eigenvalue weighted by Gasteiger charge is 2.46. The molecule has 3 rings (SSSR count). The molecule has 30 heavy (non-hydrogen) atoms. The monoisotopic (exact) mass is 445 g/mol. The molecule has 0 bridgehead atoms. The highest BCUT2D eigenvalue weighted by Crippen LogP contribution is 2.47. The van der Waals surface area contributed by atoms with Crippen LogP contribution in [0.15, 0.2) is 61.2 Å². The standard InChI is InChI=1S/C24H25Cl2NO3/c1-3-6-17-14-20(16-7-5-8-19(26)13-16)22(15-9-11-18(25)12-10-15)27(23(17)28)21(4-2)24(29)30/h3,5,7-13,17,20-22H,1,4,6,14H2,2H3,(H,29,30)/t17-,20+,21?,22+/m0/s1. The minimum absolute atomic E-state index is 0.110. The maximum absolute atomic E-state index is 13.5. The number of carbonyl (C=O) groups excluding carboxylic acids is 1. The Balaban J connectivity index is 2.20. The summed E-state index contributed by atoms with van der Waals surface area (Å²) in [5.74, 6) is -1.60. The topological polar surface area (TPSA) is 57.6 Å². The van der Waals surface area contributed by atoms with Crippen LogP contribution in [0, 0.1) is 5.92 Å². The maximum atomic E-state index is 13.5. The van der Waals surface area contributed by atoms with E-state index in [9.17, 15) is 14.7 Å². The highest BCUT2D eigenvalue weighted by atomic mass is 35.5. The van der Waals surface area contributed by atoms with E-state index in [4.69, 9.17) is 23.2 Å². The van der Waals surface area contributed by atoms with Crippen LogP contribution in [-0.2, 0) is 9.59 Å². The van der Waals surface area contributed by atoms with Gasteiger partial charge in [-0.3, -0.25) is 4.79 Å². The third kappa shape index (κ3) is 4.55. The van der Waals surface area contributed by atoms with Crippen molar-refractivity contribution in [1.29, 1.82) is 0 Å². The normalized spacial score (nSPS) is 22.6. The van der Waals surface area contributed by atoms with E-state index in [0.29, 0.717) is 29.3 Å². The number of allylic oxidation sites excluding steroid dienone is 1. The lowest BCUT2D eigenvalue weighted by molar-refractivity contribution is -0.159. The summed E-state index contributed by atoms with van der Waals surface area (Å²) in [5, 5.41) is 11.1. The van der Waals surface area contributed by atoms with Gasteiger partial charge in [-0.25, -0.2) is 4.79 Å². The molecule has 0 saturated carbocycles. The maximum Gasteiger partial charge on any atom is 0.326 e. The Morgan fingerprint density at radius 2 is 1.90 bits per heavy atom. The van der Waals surface area contributed by atoms with Crippen LogP contribution in [-0.4, -0.2) is 27.9 Å². The first-order valence-electron chi connectivity index (χ1n) is 10.0. The van der Waals surface area contributed by atoms with E-state index in [1.807, 2.05) is 30.3 Å². The molecule has 1 heterocycles. The number of nitrogens with zero attached hydrogens (tertiary/aromatic N) is 1. The minimum atomic E-state index is -1.01. The SMILES string of the molecule is C=CC[C@H]1C[C@H](c2cccc(Cl)c2)[C@@H](c2ccc(Cl)cc2)N(C(CC)C(=O)O)C1=O. The van der Waals surface area contributed by atoms with Gasteiger partial charge in [-0.2, -0.15) is 0 Å². The summed E-state index contributed by atoms with van der Waals surface area (Å²) in [6, 6.07) is 13.5. The Morgan fingerprint density at radius 1 is 1.20 bits per heavy atom.